The smallest absolute Gasteiger partial charge is 0.322 e. The molecule has 8 heteroatoms. The minimum Gasteiger partial charge on any atom is -0.322 e. The number of anilines is 2. The van der Waals surface area contributed by atoms with Crippen molar-refractivity contribution in [2.45, 2.75) is 13.1 Å². The Morgan fingerprint density at radius 3 is 2.31 bits per heavy atom. The van der Waals surface area contributed by atoms with Crippen molar-refractivity contribution < 1.29 is 22.8 Å². The predicted molar refractivity (Wildman–Crippen MR) is 103 cm³/mol. The highest BCUT2D eigenvalue weighted by Gasteiger charge is 2.30. The zero-order valence-electron chi connectivity index (χ0n) is 15.2. The summed E-state index contributed by atoms with van der Waals surface area (Å²) in [5, 5.41) is 5.04. The molecular weight excluding hydrogens is 383 g/mol. The zero-order valence-corrected chi connectivity index (χ0v) is 15.2. The minimum absolute atomic E-state index is 0.00805. The normalized spacial score (nSPS) is 11.0. The van der Waals surface area contributed by atoms with Crippen molar-refractivity contribution in [2.75, 3.05) is 10.6 Å². The number of pyridine rings is 1. The molecule has 2 amide bonds. The van der Waals surface area contributed by atoms with E-state index in [0.29, 0.717) is 5.69 Å². The van der Waals surface area contributed by atoms with Gasteiger partial charge >= 0.3 is 6.18 Å². The highest BCUT2D eigenvalue weighted by atomic mass is 19.4. The van der Waals surface area contributed by atoms with Crippen LogP contribution < -0.4 is 10.6 Å². The second-order valence-electron chi connectivity index (χ2n) is 6.20. The lowest BCUT2D eigenvalue weighted by molar-refractivity contribution is -0.137. The Morgan fingerprint density at radius 1 is 0.862 bits per heavy atom. The molecular formula is C21H16F3N3O2. The van der Waals surface area contributed by atoms with E-state index >= 15 is 0 Å². The molecule has 0 aliphatic heterocycles. The molecule has 0 atom stereocenters. The zero-order chi connectivity index (χ0) is 21.0. The number of amides is 2. The topological polar surface area (TPSA) is 71.1 Å². The molecule has 5 nitrogen and oxygen atoms in total. The van der Waals surface area contributed by atoms with Gasteiger partial charge in [0.2, 0.25) is 0 Å². The lowest BCUT2D eigenvalue weighted by Crippen LogP contribution is -2.19. The molecule has 0 aliphatic rings. The fourth-order valence-corrected chi connectivity index (χ4v) is 2.62. The van der Waals surface area contributed by atoms with Gasteiger partial charge in [-0.15, -0.1) is 0 Å². The summed E-state index contributed by atoms with van der Waals surface area (Å²) in [7, 11) is 0. The molecule has 148 valence electrons. The molecule has 3 aromatic rings. The number of hydrogen-bond acceptors (Lipinski definition) is 3. The monoisotopic (exact) mass is 399 g/mol. The van der Waals surface area contributed by atoms with E-state index in [1.165, 1.54) is 30.3 Å². The minimum atomic E-state index is -4.52. The van der Waals surface area contributed by atoms with E-state index in [0.717, 1.165) is 12.1 Å². The van der Waals surface area contributed by atoms with Crippen LogP contribution >= 0.6 is 0 Å². The van der Waals surface area contributed by atoms with Crippen LogP contribution in [-0.4, -0.2) is 16.8 Å². The molecule has 0 saturated heterocycles. The van der Waals surface area contributed by atoms with Gasteiger partial charge in [0, 0.05) is 11.4 Å². The van der Waals surface area contributed by atoms with Crippen molar-refractivity contribution in [1.29, 1.82) is 0 Å². The molecule has 0 saturated carbocycles. The van der Waals surface area contributed by atoms with Crippen molar-refractivity contribution in [2.24, 2.45) is 0 Å². The number of carbonyl (C=O) groups is 2. The Labute approximate surface area is 164 Å². The number of nitrogens with one attached hydrogen (secondary N) is 2. The average Bonchev–Trinajstić information content (AvgIpc) is 2.68. The number of rotatable bonds is 4. The second-order valence-corrected chi connectivity index (χ2v) is 6.20. The fourth-order valence-electron chi connectivity index (χ4n) is 2.62. The van der Waals surface area contributed by atoms with Gasteiger partial charge in [-0.05, 0) is 49.4 Å². The molecule has 0 spiro atoms. The average molecular weight is 399 g/mol. The number of halogens is 3. The molecule has 2 aromatic carbocycles. The summed E-state index contributed by atoms with van der Waals surface area (Å²) in [5.41, 5.74) is 0.274. The number of carbonyl (C=O) groups excluding carboxylic acids is 2. The van der Waals surface area contributed by atoms with Gasteiger partial charge in [0.15, 0.2) is 0 Å². The van der Waals surface area contributed by atoms with E-state index in [-0.39, 0.29) is 22.6 Å². The van der Waals surface area contributed by atoms with Crippen LogP contribution in [0.5, 0.6) is 0 Å². The van der Waals surface area contributed by atoms with Crippen molar-refractivity contribution in [1.82, 2.24) is 4.98 Å². The molecule has 0 bridgehead atoms. The number of alkyl halides is 3. The Bertz CT molecular complexity index is 1060. The second kappa shape index (κ2) is 8.14. The van der Waals surface area contributed by atoms with Gasteiger partial charge in [-0.3, -0.25) is 9.59 Å². The Balaban J connectivity index is 1.81. The van der Waals surface area contributed by atoms with Crippen molar-refractivity contribution in [3.63, 3.8) is 0 Å². The molecule has 2 N–H and O–H groups in total. The van der Waals surface area contributed by atoms with Gasteiger partial charge in [0.25, 0.3) is 11.8 Å². The van der Waals surface area contributed by atoms with Gasteiger partial charge in [0.05, 0.1) is 16.8 Å². The third kappa shape index (κ3) is 4.98. The highest BCUT2D eigenvalue weighted by molar-refractivity contribution is 6.12. The van der Waals surface area contributed by atoms with Gasteiger partial charge in [-0.25, -0.2) is 4.98 Å². The van der Waals surface area contributed by atoms with E-state index in [4.69, 9.17) is 0 Å². The molecule has 29 heavy (non-hydrogen) atoms. The van der Waals surface area contributed by atoms with E-state index in [2.05, 4.69) is 15.6 Å². The Morgan fingerprint density at radius 2 is 1.59 bits per heavy atom. The first kappa shape index (κ1) is 20.1. The van der Waals surface area contributed by atoms with Crippen LogP contribution in [0.1, 0.15) is 32.1 Å². The first-order valence-corrected chi connectivity index (χ1v) is 8.57. The van der Waals surface area contributed by atoms with E-state index in [9.17, 15) is 22.8 Å². The maximum Gasteiger partial charge on any atom is 0.416 e. The number of aromatic nitrogens is 1. The summed E-state index contributed by atoms with van der Waals surface area (Å²) >= 11 is 0. The van der Waals surface area contributed by atoms with Crippen LogP contribution in [0, 0.1) is 6.92 Å². The van der Waals surface area contributed by atoms with Gasteiger partial charge in [-0.1, -0.05) is 24.3 Å². The number of para-hydroxylation sites is 1. The van der Waals surface area contributed by atoms with Crippen LogP contribution in [0.15, 0.2) is 66.7 Å². The summed E-state index contributed by atoms with van der Waals surface area (Å²) in [4.78, 5) is 29.2. The van der Waals surface area contributed by atoms with Crippen LogP contribution in [-0.2, 0) is 6.18 Å². The SMILES string of the molecule is Cc1cccc(C(=O)Nc2ccccc2C(=O)Nc2cccc(C(F)(F)F)c2)n1. The fraction of sp³-hybridized carbons (Fsp3) is 0.0952. The first-order chi connectivity index (χ1) is 13.7. The van der Waals surface area contributed by atoms with Crippen molar-refractivity contribution in [3.8, 4) is 0 Å². The molecule has 1 heterocycles. The lowest BCUT2D eigenvalue weighted by atomic mass is 10.1. The van der Waals surface area contributed by atoms with E-state index in [1.807, 2.05) is 0 Å². The summed E-state index contributed by atoms with van der Waals surface area (Å²) in [6, 6.07) is 15.5. The number of hydrogen-bond donors (Lipinski definition) is 2. The van der Waals surface area contributed by atoms with Crippen LogP contribution in [0.4, 0.5) is 24.5 Å². The molecule has 0 aliphatic carbocycles. The van der Waals surface area contributed by atoms with Gasteiger partial charge < -0.3 is 10.6 Å². The summed E-state index contributed by atoms with van der Waals surface area (Å²) in [6.45, 7) is 1.74. The molecule has 0 radical (unpaired) electrons. The molecule has 0 fully saturated rings. The van der Waals surface area contributed by atoms with Crippen molar-refractivity contribution >= 4 is 23.2 Å². The summed E-state index contributed by atoms with van der Waals surface area (Å²) < 4.78 is 38.6. The first-order valence-electron chi connectivity index (χ1n) is 8.57. The highest BCUT2D eigenvalue weighted by Crippen LogP contribution is 2.31. The summed E-state index contributed by atoms with van der Waals surface area (Å²) in [6.07, 6.45) is -4.52. The number of aryl methyl sites for hydroxylation is 1. The third-order valence-electron chi connectivity index (χ3n) is 3.99. The third-order valence-corrected chi connectivity index (χ3v) is 3.99. The molecule has 3 rings (SSSR count). The van der Waals surface area contributed by atoms with Crippen LogP contribution in [0.25, 0.3) is 0 Å². The Kier molecular flexibility index (Phi) is 5.63. The molecule has 1 aromatic heterocycles. The van der Waals surface area contributed by atoms with Gasteiger partial charge in [0.1, 0.15) is 5.69 Å². The van der Waals surface area contributed by atoms with Crippen LogP contribution in [0.2, 0.25) is 0 Å². The maximum absolute atomic E-state index is 12.9. The van der Waals surface area contributed by atoms with Crippen LogP contribution in [0.3, 0.4) is 0 Å². The van der Waals surface area contributed by atoms with E-state index < -0.39 is 23.6 Å². The van der Waals surface area contributed by atoms with Crippen molar-refractivity contribution in [3.05, 3.63) is 89.2 Å². The predicted octanol–water partition coefficient (Wildman–Crippen LogP) is 4.91. The maximum atomic E-state index is 12.9. The number of benzene rings is 2. The number of nitrogens with zero attached hydrogens (tertiary/aromatic N) is 1. The van der Waals surface area contributed by atoms with E-state index in [1.54, 1.807) is 31.2 Å². The lowest BCUT2D eigenvalue weighted by Gasteiger charge is -2.13. The Hall–Kier alpha value is -3.68. The standard InChI is InChI=1S/C21H16F3N3O2/c1-13-6-4-11-18(25-13)20(29)27-17-10-3-2-9-16(17)19(28)26-15-8-5-7-14(12-15)21(22,23)24/h2-12H,1H3,(H,26,28)(H,27,29). The largest absolute Gasteiger partial charge is 0.416 e. The summed E-state index contributed by atoms with van der Waals surface area (Å²) in [5.74, 6) is -1.16. The quantitative estimate of drug-likeness (QED) is 0.655. The van der Waals surface area contributed by atoms with Gasteiger partial charge in [-0.2, -0.15) is 13.2 Å². The molecule has 0 unspecified atom stereocenters.